The molecular formula is C8H15N. The molecule has 0 aliphatic heterocycles. The fourth-order valence-corrected chi connectivity index (χ4v) is 0.707. The first-order chi connectivity index (χ1) is 4.22. The van der Waals surface area contributed by atoms with Crippen molar-refractivity contribution in [2.45, 2.75) is 32.7 Å². The minimum Gasteiger partial charge on any atom is -0.327 e. The zero-order valence-corrected chi connectivity index (χ0v) is 6.22. The zero-order chi connectivity index (χ0) is 7.28. The Hall–Kier alpha value is -0.480. The molecule has 1 nitrogen and oxygen atoms in total. The van der Waals surface area contributed by atoms with Gasteiger partial charge in [-0.05, 0) is 13.3 Å². The molecule has 0 saturated carbocycles. The molecular weight excluding hydrogens is 110 g/mol. The van der Waals surface area contributed by atoms with E-state index in [2.05, 4.69) is 12.8 Å². The predicted molar refractivity (Wildman–Crippen MR) is 40.9 cm³/mol. The quantitative estimate of drug-likeness (QED) is 0.567. The van der Waals surface area contributed by atoms with Gasteiger partial charge in [0.1, 0.15) is 0 Å². The van der Waals surface area contributed by atoms with Crippen LogP contribution in [0.2, 0.25) is 0 Å². The highest BCUT2D eigenvalue weighted by atomic mass is 14.6. The van der Waals surface area contributed by atoms with Crippen LogP contribution < -0.4 is 5.73 Å². The van der Waals surface area contributed by atoms with Gasteiger partial charge >= 0.3 is 0 Å². The first-order valence-corrected chi connectivity index (χ1v) is 3.44. The Bertz CT molecular complexity index is 102. The Balaban J connectivity index is 3.48. The highest BCUT2D eigenvalue weighted by molar-refractivity contribution is 4.95. The van der Waals surface area contributed by atoms with E-state index >= 15 is 0 Å². The molecule has 0 aromatic heterocycles. The van der Waals surface area contributed by atoms with Gasteiger partial charge in [0.2, 0.25) is 0 Å². The summed E-state index contributed by atoms with van der Waals surface area (Å²) in [4.78, 5) is 0. The maximum absolute atomic E-state index is 5.70. The number of nitrogens with two attached hydrogens (primary N) is 1. The van der Waals surface area contributed by atoms with Crippen molar-refractivity contribution < 1.29 is 0 Å². The third-order valence-corrected chi connectivity index (χ3v) is 1.53. The van der Waals surface area contributed by atoms with Gasteiger partial charge in [-0.3, -0.25) is 0 Å². The fraction of sp³-hybridized carbons (Fsp3) is 0.750. The van der Waals surface area contributed by atoms with Gasteiger partial charge in [0.05, 0.1) is 0 Å². The van der Waals surface area contributed by atoms with Crippen LogP contribution in [-0.4, -0.2) is 6.04 Å². The van der Waals surface area contributed by atoms with Crippen molar-refractivity contribution in [2.24, 2.45) is 11.7 Å². The van der Waals surface area contributed by atoms with Crippen molar-refractivity contribution in [1.29, 1.82) is 0 Å². The molecule has 0 aromatic rings. The van der Waals surface area contributed by atoms with Gasteiger partial charge in [0.25, 0.3) is 0 Å². The SMILES string of the molecule is C#CC(C)C(N)CCC. The molecule has 52 valence electrons. The molecule has 2 atom stereocenters. The van der Waals surface area contributed by atoms with Crippen molar-refractivity contribution in [3.8, 4) is 12.3 Å². The summed E-state index contributed by atoms with van der Waals surface area (Å²) >= 11 is 0. The molecule has 0 rings (SSSR count). The average molecular weight is 125 g/mol. The summed E-state index contributed by atoms with van der Waals surface area (Å²) < 4.78 is 0. The number of terminal acetylenes is 1. The first-order valence-electron chi connectivity index (χ1n) is 3.44. The summed E-state index contributed by atoms with van der Waals surface area (Å²) in [6, 6.07) is 0.194. The van der Waals surface area contributed by atoms with Crippen LogP contribution in [0.4, 0.5) is 0 Å². The predicted octanol–water partition coefficient (Wildman–Crippen LogP) is 1.38. The topological polar surface area (TPSA) is 26.0 Å². The molecule has 0 aliphatic rings. The molecule has 0 radical (unpaired) electrons. The summed E-state index contributed by atoms with van der Waals surface area (Å²) in [6.07, 6.45) is 7.32. The standard InChI is InChI=1S/C8H15N/c1-4-6-8(9)7(3)5-2/h2,7-8H,4,6,9H2,1,3H3. The lowest BCUT2D eigenvalue weighted by Gasteiger charge is -2.12. The maximum Gasteiger partial charge on any atom is 0.0323 e. The lowest BCUT2D eigenvalue weighted by molar-refractivity contribution is 0.511. The van der Waals surface area contributed by atoms with Gasteiger partial charge in [-0.2, -0.15) is 0 Å². The highest BCUT2D eigenvalue weighted by Gasteiger charge is 2.06. The maximum atomic E-state index is 5.70. The Morgan fingerprint density at radius 2 is 2.22 bits per heavy atom. The smallest absolute Gasteiger partial charge is 0.0323 e. The molecule has 0 amide bonds. The third-order valence-electron chi connectivity index (χ3n) is 1.53. The second-order valence-corrected chi connectivity index (χ2v) is 2.41. The summed E-state index contributed by atoms with van der Waals surface area (Å²) in [5.74, 6) is 2.85. The Morgan fingerprint density at radius 3 is 2.56 bits per heavy atom. The van der Waals surface area contributed by atoms with Gasteiger partial charge in [0, 0.05) is 12.0 Å². The molecule has 0 spiro atoms. The zero-order valence-electron chi connectivity index (χ0n) is 6.22. The number of hydrogen-bond acceptors (Lipinski definition) is 1. The molecule has 2 unspecified atom stereocenters. The van der Waals surface area contributed by atoms with E-state index < -0.39 is 0 Å². The van der Waals surface area contributed by atoms with Crippen molar-refractivity contribution in [2.75, 3.05) is 0 Å². The highest BCUT2D eigenvalue weighted by Crippen LogP contribution is 2.03. The van der Waals surface area contributed by atoms with Crippen LogP contribution in [0.25, 0.3) is 0 Å². The van der Waals surface area contributed by atoms with Crippen LogP contribution in [0.3, 0.4) is 0 Å². The molecule has 0 fully saturated rings. The van der Waals surface area contributed by atoms with Crippen molar-refractivity contribution in [1.82, 2.24) is 0 Å². The molecule has 0 heterocycles. The summed E-state index contributed by atoms with van der Waals surface area (Å²) in [6.45, 7) is 4.10. The normalized spacial score (nSPS) is 16.2. The van der Waals surface area contributed by atoms with E-state index in [1.165, 1.54) is 0 Å². The van der Waals surface area contributed by atoms with Gasteiger partial charge in [-0.1, -0.05) is 13.3 Å². The van der Waals surface area contributed by atoms with E-state index in [4.69, 9.17) is 12.2 Å². The van der Waals surface area contributed by atoms with Gasteiger partial charge in [-0.25, -0.2) is 0 Å². The lowest BCUT2D eigenvalue weighted by Crippen LogP contribution is -2.26. The summed E-state index contributed by atoms with van der Waals surface area (Å²) in [5.41, 5.74) is 5.70. The fourth-order valence-electron chi connectivity index (χ4n) is 0.707. The number of hydrogen-bond donors (Lipinski definition) is 1. The molecule has 0 bridgehead atoms. The second kappa shape index (κ2) is 4.40. The van der Waals surface area contributed by atoms with Crippen molar-refractivity contribution >= 4 is 0 Å². The van der Waals surface area contributed by atoms with Crippen LogP contribution in [0.1, 0.15) is 26.7 Å². The van der Waals surface area contributed by atoms with Crippen molar-refractivity contribution in [3.63, 3.8) is 0 Å². The van der Waals surface area contributed by atoms with E-state index in [0.29, 0.717) is 0 Å². The summed E-state index contributed by atoms with van der Waals surface area (Å²) in [7, 11) is 0. The van der Waals surface area contributed by atoms with Gasteiger partial charge in [-0.15, -0.1) is 12.3 Å². The van der Waals surface area contributed by atoms with Crippen molar-refractivity contribution in [3.05, 3.63) is 0 Å². The Kier molecular flexibility index (Phi) is 4.17. The van der Waals surface area contributed by atoms with E-state index in [0.717, 1.165) is 12.8 Å². The Morgan fingerprint density at radius 1 is 1.67 bits per heavy atom. The lowest BCUT2D eigenvalue weighted by atomic mass is 10.00. The van der Waals surface area contributed by atoms with E-state index in [9.17, 15) is 0 Å². The Labute approximate surface area is 57.6 Å². The molecule has 0 aliphatic carbocycles. The molecule has 9 heavy (non-hydrogen) atoms. The average Bonchev–Trinajstić information content (AvgIpc) is 1.87. The minimum absolute atomic E-state index is 0.194. The van der Waals surface area contributed by atoms with Crippen LogP contribution in [0, 0.1) is 18.3 Å². The summed E-state index contributed by atoms with van der Waals surface area (Å²) in [5, 5.41) is 0. The largest absolute Gasteiger partial charge is 0.327 e. The number of rotatable bonds is 3. The second-order valence-electron chi connectivity index (χ2n) is 2.41. The van der Waals surface area contributed by atoms with Crippen LogP contribution in [0.15, 0.2) is 0 Å². The monoisotopic (exact) mass is 125 g/mol. The molecule has 1 heteroatoms. The molecule has 2 N–H and O–H groups in total. The first kappa shape index (κ1) is 8.52. The molecule has 0 saturated heterocycles. The van der Waals surface area contributed by atoms with Crippen LogP contribution in [-0.2, 0) is 0 Å². The van der Waals surface area contributed by atoms with Gasteiger partial charge < -0.3 is 5.73 Å². The molecule has 0 aromatic carbocycles. The minimum atomic E-state index is 0.194. The van der Waals surface area contributed by atoms with E-state index in [1.807, 2.05) is 6.92 Å². The third kappa shape index (κ3) is 3.16. The van der Waals surface area contributed by atoms with E-state index in [-0.39, 0.29) is 12.0 Å². The van der Waals surface area contributed by atoms with Gasteiger partial charge in [0.15, 0.2) is 0 Å². The van der Waals surface area contributed by atoms with Crippen LogP contribution >= 0.6 is 0 Å². The van der Waals surface area contributed by atoms with E-state index in [1.54, 1.807) is 0 Å². The van der Waals surface area contributed by atoms with Crippen LogP contribution in [0.5, 0.6) is 0 Å².